The average molecular weight is 335 g/mol. The predicted octanol–water partition coefficient (Wildman–Crippen LogP) is 4.33. The Morgan fingerprint density at radius 2 is 1.88 bits per heavy atom. The average Bonchev–Trinajstić information content (AvgIpc) is 2.68. The minimum Gasteiger partial charge on any atom is -0.485 e. The Balaban J connectivity index is 1.67. The Hall–Kier alpha value is -2.13. The second-order valence-corrected chi connectivity index (χ2v) is 7.11. The molecule has 4 rings (SSSR count). The molecule has 2 atom stereocenters. The molecule has 25 heavy (non-hydrogen) atoms. The van der Waals surface area contributed by atoms with Gasteiger partial charge in [0.25, 0.3) is 0 Å². The molecule has 0 amide bonds. The lowest BCUT2D eigenvalue weighted by Gasteiger charge is -2.32. The minimum absolute atomic E-state index is 0.0255. The molecule has 0 aromatic heterocycles. The van der Waals surface area contributed by atoms with E-state index in [1.165, 1.54) is 18.4 Å². The molecular weight excluding hydrogens is 310 g/mol. The van der Waals surface area contributed by atoms with Crippen molar-refractivity contribution < 1.29 is 9.53 Å². The summed E-state index contributed by atoms with van der Waals surface area (Å²) in [4.78, 5) is 12.2. The summed E-state index contributed by atoms with van der Waals surface area (Å²) in [6, 6.07) is 16.4. The zero-order chi connectivity index (χ0) is 17.1. The van der Waals surface area contributed by atoms with E-state index in [-0.39, 0.29) is 11.9 Å². The first-order chi connectivity index (χ1) is 12.3. The molecule has 3 heteroatoms. The molecular formula is C22H25NO2. The van der Waals surface area contributed by atoms with Gasteiger partial charge in [-0.1, -0.05) is 42.5 Å². The van der Waals surface area contributed by atoms with E-state index in [0.717, 1.165) is 42.8 Å². The molecule has 1 saturated heterocycles. The van der Waals surface area contributed by atoms with Crippen LogP contribution in [0, 0.1) is 5.92 Å². The van der Waals surface area contributed by atoms with E-state index in [2.05, 4.69) is 29.6 Å². The maximum absolute atomic E-state index is 12.2. The highest BCUT2D eigenvalue weighted by Crippen LogP contribution is 2.36. The van der Waals surface area contributed by atoms with Gasteiger partial charge in [0, 0.05) is 30.0 Å². The van der Waals surface area contributed by atoms with Gasteiger partial charge in [0.1, 0.15) is 11.9 Å². The summed E-state index contributed by atoms with van der Waals surface area (Å²) in [6.07, 6.45) is 4.89. The van der Waals surface area contributed by atoms with Gasteiger partial charge in [-0.3, -0.25) is 4.79 Å². The number of fused-ring (bicyclic) bond motifs is 1. The third-order valence-electron chi connectivity index (χ3n) is 5.41. The van der Waals surface area contributed by atoms with Crippen LogP contribution in [0.1, 0.15) is 53.3 Å². The number of ketones is 1. The zero-order valence-electron chi connectivity index (χ0n) is 14.5. The SMILES string of the molecule is O=C1CCCc2c(OC(c3ccccc3)C3CCCNC3)cccc21. The first kappa shape index (κ1) is 16.3. The molecule has 1 fully saturated rings. The first-order valence-corrected chi connectivity index (χ1v) is 9.40. The van der Waals surface area contributed by atoms with Gasteiger partial charge in [0.15, 0.2) is 5.78 Å². The summed E-state index contributed by atoms with van der Waals surface area (Å²) in [5.74, 6) is 1.60. The van der Waals surface area contributed by atoms with Crippen molar-refractivity contribution in [2.24, 2.45) is 5.92 Å². The lowest BCUT2D eigenvalue weighted by atomic mass is 9.88. The fourth-order valence-electron chi connectivity index (χ4n) is 4.11. The van der Waals surface area contributed by atoms with Crippen LogP contribution in [-0.4, -0.2) is 18.9 Å². The van der Waals surface area contributed by atoms with Crippen molar-refractivity contribution in [1.29, 1.82) is 0 Å². The van der Waals surface area contributed by atoms with E-state index >= 15 is 0 Å². The van der Waals surface area contributed by atoms with E-state index < -0.39 is 0 Å². The molecule has 1 N–H and O–H groups in total. The van der Waals surface area contributed by atoms with Gasteiger partial charge in [-0.2, -0.15) is 0 Å². The Morgan fingerprint density at radius 1 is 1.00 bits per heavy atom. The van der Waals surface area contributed by atoms with Gasteiger partial charge >= 0.3 is 0 Å². The molecule has 2 aliphatic rings. The molecule has 2 aromatic rings. The smallest absolute Gasteiger partial charge is 0.163 e. The second kappa shape index (κ2) is 7.40. The number of carbonyl (C=O) groups is 1. The number of hydrogen-bond acceptors (Lipinski definition) is 3. The third-order valence-corrected chi connectivity index (χ3v) is 5.41. The van der Waals surface area contributed by atoms with Crippen molar-refractivity contribution in [1.82, 2.24) is 5.32 Å². The molecule has 2 aromatic carbocycles. The van der Waals surface area contributed by atoms with Crippen LogP contribution in [0.15, 0.2) is 48.5 Å². The van der Waals surface area contributed by atoms with Crippen LogP contribution in [-0.2, 0) is 6.42 Å². The Bertz CT molecular complexity index is 735. The summed E-state index contributed by atoms with van der Waals surface area (Å²) in [6.45, 7) is 2.07. The van der Waals surface area contributed by atoms with Crippen molar-refractivity contribution in [3.05, 3.63) is 65.2 Å². The van der Waals surface area contributed by atoms with Gasteiger partial charge in [-0.05, 0) is 43.9 Å². The zero-order valence-corrected chi connectivity index (χ0v) is 14.5. The van der Waals surface area contributed by atoms with E-state index in [1.54, 1.807) is 0 Å². The minimum atomic E-state index is 0.0255. The molecule has 0 spiro atoms. The van der Waals surface area contributed by atoms with Crippen molar-refractivity contribution in [2.45, 2.75) is 38.2 Å². The van der Waals surface area contributed by atoms with Crippen LogP contribution < -0.4 is 10.1 Å². The number of piperidine rings is 1. The van der Waals surface area contributed by atoms with Gasteiger partial charge < -0.3 is 10.1 Å². The van der Waals surface area contributed by atoms with E-state index in [9.17, 15) is 4.79 Å². The van der Waals surface area contributed by atoms with E-state index in [1.807, 2.05) is 24.3 Å². The summed E-state index contributed by atoms with van der Waals surface area (Å²) < 4.78 is 6.59. The molecule has 1 aliphatic heterocycles. The van der Waals surface area contributed by atoms with Crippen molar-refractivity contribution in [3.8, 4) is 5.75 Å². The highest BCUT2D eigenvalue weighted by atomic mass is 16.5. The highest BCUT2D eigenvalue weighted by Gasteiger charge is 2.28. The van der Waals surface area contributed by atoms with Crippen LogP contribution in [0.2, 0.25) is 0 Å². The lowest BCUT2D eigenvalue weighted by Crippen LogP contribution is -2.35. The van der Waals surface area contributed by atoms with Crippen LogP contribution in [0.4, 0.5) is 0 Å². The Morgan fingerprint density at radius 3 is 2.68 bits per heavy atom. The van der Waals surface area contributed by atoms with Gasteiger partial charge in [0.2, 0.25) is 0 Å². The maximum Gasteiger partial charge on any atom is 0.163 e. The van der Waals surface area contributed by atoms with Crippen molar-refractivity contribution in [2.75, 3.05) is 13.1 Å². The molecule has 3 nitrogen and oxygen atoms in total. The van der Waals surface area contributed by atoms with Gasteiger partial charge in [-0.15, -0.1) is 0 Å². The van der Waals surface area contributed by atoms with Crippen LogP contribution in [0.3, 0.4) is 0 Å². The number of ether oxygens (including phenoxy) is 1. The molecule has 1 aliphatic carbocycles. The number of nitrogens with one attached hydrogen (secondary N) is 1. The number of Topliss-reactive ketones (excluding diaryl/α,β-unsaturated/α-hetero) is 1. The summed E-state index contributed by atoms with van der Waals surface area (Å²) in [7, 11) is 0. The summed E-state index contributed by atoms with van der Waals surface area (Å²) in [5.41, 5.74) is 3.18. The molecule has 0 saturated carbocycles. The summed E-state index contributed by atoms with van der Waals surface area (Å²) in [5, 5.41) is 3.51. The summed E-state index contributed by atoms with van der Waals surface area (Å²) >= 11 is 0. The normalized spacial score (nSPS) is 21.4. The van der Waals surface area contributed by atoms with Gasteiger partial charge in [0.05, 0.1) is 0 Å². The third kappa shape index (κ3) is 3.47. The molecule has 2 unspecified atom stereocenters. The predicted molar refractivity (Wildman–Crippen MR) is 99.1 cm³/mol. The van der Waals surface area contributed by atoms with E-state index in [0.29, 0.717) is 12.3 Å². The monoisotopic (exact) mass is 335 g/mol. The highest BCUT2D eigenvalue weighted by molar-refractivity contribution is 5.99. The molecule has 1 heterocycles. The van der Waals surface area contributed by atoms with Crippen molar-refractivity contribution >= 4 is 5.78 Å². The van der Waals surface area contributed by atoms with Crippen LogP contribution in [0.25, 0.3) is 0 Å². The largest absolute Gasteiger partial charge is 0.485 e. The fraction of sp³-hybridized carbons (Fsp3) is 0.409. The number of hydrogen-bond donors (Lipinski definition) is 1. The lowest BCUT2D eigenvalue weighted by molar-refractivity contribution is 0.0963. The van der Waals surface area contributed by atoms with Crippen LogP contribution in [0.5, 0.6) is 5.75 Å². The van der Waals surface area contributed by atoms with E-state index in [4.69, 9.17) is 4.74 Å². The Kier molecular flexibility index (Phi) is 4.84. The van der Waals surface area contributed by atoms with Gasteiger partial charge in [-0.25, -0.2) is 0 Å². The number of benzene rings is 2. The topological polar surface area (TPSA) is 38.3 Å². The standard InChI is InChI=1S/C22H25NO2/c24-20-12-4-11-19-18(20)10-5-13-21(19)25-22(16-7-2-1-3-8-16)17-9-6-14-23-15-17/h1-3,5,7-8,10,13,17,22-23H,4,6,9,11-12,14-15H2. The maximum atomic E-state index is 12.2. The molecule has 0 bridgehead atoms. The quantitative estimate of drug-likeness (QED) is 0.904. The molecule has 0 radical (unpaired) electrons. The second-order valence-electron chi connectivity index (χ2n) is 7.11. The molecule has 130 valence electrons. The fourth-order valence-corrected chi connectivity index (χ4v) is 4.11. The Labute approximate surface area is 149 Å². The van der Waals surface area contributed by atoms with Crippen molar-refractivity contribution in [3.63, 3.8) is 0 Å². The number of rotatable bonds is 4. The first-order valence-electron chi connectivity index (χ1n) is 9.40. The van der Waals surface area contributed by atoms with Crippen LogP contribution >= 0.6 is 0 Å². The number of carbonyl (C=O) groups excluding carboxylic acids is 1.